The Balaban J connectivity index is 0.00000162. The minimum absolute atomic E-state index is 0. The van der Waals surface area contributed by atoms with Gasteiger partial charge in [-0.2, -0.15) is 0 Å². The molecule has 0 aliphatic heterocycles. The largest absolute Gasteiger partial charge is 1.00 e. The molecule has 0 bridgehead atoms. The van der Waals surface area contributed by atoms with Crippen LogP contribution in [0.1, 0.15) is 5.56 Å². The highest BCUT2D eigenvalue weighted by Crippen LogP contribution is 2.13. The fourth-order valence-corrected chi connectivity index (χ4v) is 1.71. The summed E-state index contributed by atoms with van der Waals surface area (Å²) in [6.07, 6.45) is 0. The average molecular weight is 262 g/mol. The Morgan fingerprint density at radius 3 is 1.83 bits per heavy atom. The van der Waals surface area contributed by atoms with Gasteiger partial charge in [0, 0.05) is 0 Å². The van der Waals surface area contributed by atoms with Crippen LogP contribution in [0.25, 0.3) is 0 Å². The minimum atomic E-state index is 0. The molecule has 2 aromatic carbocycles. The molecule has 2 aromatic rings. The fourth-order valence-electron chi connectivity index (χ4n) is 1.71. The third kappa shape index (κ3) is 3.50. The summed E-state index contributed by atoms with van der Waals surface area (Å²) in [5, 5.41) is 0. The van der Waals surface area contributed by atoms with E-state index in [1.54, 1.807) is 0 Å². The summed E-state index contributed by atoms with van der Waals surface area (Å²) in [5.41, 5.74) is 13.6. The molecule has 0 aliphatic rings. The van der Waals surface area contributed by atoms with Gasteiger partial charge >= 0.3 is 5.96 Å². The van der Waals surface area contributed by atoms with Crippen LogP contribution in [0.15, 0.2) is 60.7 Å². The van der Waals surface area contributed by atoms with E-state index in [1.165, 1.54) is 5.56 Å². The van der Waals surface area contributed by atoms with Crippen LogP contribution in [-0.4, -0.2) is 10.5 Å². The topological polar surface area (TPSA) is 55.0 Å². The predicted molar refractivity (Wildman–Crippen MR) is 69.9 cm³/mol. The van der Waals surface area contributed by atoms with Crippen molar-refractivity contribution >= 4 is 11.6 Å². The molecule has 0 saturated carbocycles. The van der Waals surface area contributed by atoms with Gasteiger partial charge in [0.2, 0.25) is 0 Å². The third-order valence-corrected chi connectivity index (χ3v) is 2.56. The molecule has 0 atom stereocenters. The molecule has 4 N–H and O–H groups in total. The third-order valence-electron chi connectivity index (χ3n) is 2.56. The molecular weight excluding hydrogens is 246 g/mol. The number of hydrogen-bond donors (Lipinski definition) is 2. The van der Waals surface area contributed by atoms with Crippen molar-refractivity contribution in [3.8, 4) is 0 Å². The lowest BCUT2D eigenvalue weighted by Crippen LogP contribution is -3.00. The monoisotopic (exact) mass is 261 g/mol. The lowest BCUT2D eigenvalue weighted by atomic mass is 10.2. The highest BCUT2D eigenvalue weighted by Gasteiger charge is 2.07. The molecular formula is C14H16ClN3. The zero-order valence-electron chi connectivity index (χ0n) is 9.96. The number of guanidine groups is 1. The standard InChI is InChI=1S/C14H15N3.ClH/c15-14(16)17(13-9-5-2-6-10-13)11-12-7-3-1-4-8-12;/h1-10H,11H2,(H3,15,16);1H. The average Bonchev–Trinajstić information content (AvgIpc) is 2.38. The van der Waals surface area contributed by atoms with Gasteiger partial charge in [-0.25, -0.2) is 4.58 Å². The lowest BCUT2D eigenvalue weighted by molar-refractivity contribution is -0.460. The maximum atomic E-state index is 5.74. The molecule has 0 radical (unpaired) electrons. The van der Waals surface area contributed by atoms with Gasteiger partial charge in [-0.1, -0.05) is 48.5 Å². The Bertz CT molecular complexity index is 505. The van der Waals surface area contributed by atoms with Crippen LogP contribution < -0.4 is 23.9 Å². The summed E-state index contributed by atoms with van der Waals surface area (Å²) < 4.78 is 1.88. The number of nitrogens with two attached hydrogens (primary N) is 2. The first kappa shape index (κ1) is 14.1. The van der Waals surface area contributed by atoms with Gasteiger partial charge in [0.15, 0.2) is 0 Å². The van der Waals surface area contributed by atoms with Crippen molar-refractivity contribution in [1.29, 1.82) is 0 Å². The van der Waals surface area contributed by atoms with Gasteiger partial charge in [-0.05, 0) is 17.7 Å². The van der Waals surface area contributed by atoms with Crippen molar-refractivity contribution in [3.63, 3.8) is 0 Å². The molecule has 0 fully saturated rings. The van der Waals surface area contributed by atoms with E-state index in [2.05, 4.69) is 12.1 Å². The van der Waals surface area contributed by atoms with Crippen LogP contribution in [0, 0.1) is 0 Å². The molecule has 0 amide bonds. The zero-order valence-corrected chi connectivity index (χ0v) is 10.7. The second kappa shape index (κ2) is 6.67. The maximum Gasteiger partial charge on any atom is 0.346 e. The molecule has 0 spiro atoms. The summed E-state index contributed by atoms with van der Waals surface area (Å²) in [6, 6.07) is 20.0. The molecule has 0 aliphatic carbocycles. The number of nitrogens with zero attached hydrogens (tertiary/aromatic N) is 1. The van der Waals surface area contributed by atoms with Gasteiger partial charge in [0.25, 0.3) is 0 Å². The minimum Gasteiger partial charge on any atom is -1.00 e. The predicted octanol–water partition coefficient (Wildman–Crippen LogP) is -1.19. The fraction of sp³-hybridized carbons (Fsp3) is 0.0714. The number of benzene rings is 2. The SMILES string of the molecule is NC(N)=[N+](Cc1ccccc1)c1ccccc1.[Cl-]. The molecule has 94 valence electrons. The Labute approximate surface area is 113 Å². The van der Waals surface area contributed by atoms with Gasteiger partial charge in [0.1, 0.15) is 5.69 Å². The number of halogens is 1. The van der Waals surface area contributed by atoms with Crippen molar-refractivity contribution in [3.05, 3.63) is 66.2 Å². The Morgan fingerprint density at radius 1 is 0.833 bits per heavy atom. The highest BCUT2D eigenvalue weighted by molar-refractivity contribution is 5.71. The van der Waals surface area contributed by atoms with Crippen LogP contribution in [0.5, 0.6) is 0 Å². The van der Waals surface area contributed by atoms with E-state index in [0.29, 0.717) is 12.5 Å². The molecule has 0 heterocycles. The number of para-hydroxylation sites is 1. The summed E-state index contributed by atoms with van der Waals surface area (Å²) >= 11 is 0. The highest BCUT2D eigenvalue weighted by atomic mass is 35.5. The molecule has 0 unspecified atom stereocenters. The smallest absolute Gasteiger partial charge is 0.346 e. The number of rotatable bonds is 3. The van der Waals surface area contributed by atoms with Crippen molar-refractivity contribution < 1.29 is 17.0 Å². The van der Waals surface area contributed by atoms with Crippen molar-refractivity contribution in [1.82, 2.24) is 0 Å². The van der Waals surface area contributed by atoms with Crippen molar-refractivity contribution in [2.24, 2.45) is 11.5 Å². The van der Waals surface area contributed by atoms with E-state index >= 15 is 0 Å². The molecule has 4 heteroatoms. The number of hydrogen-bond acceptors (Lipinski definition) is 0. The van der Waals surface area contributed by atoms with Crippen LogP contribution in [0.4, 0.5) is 5.69 Å². The first-order valence-electron chi connectivity index (χ1n) is 5.52. The summed E-state index contributed by atoms with van der Waals surface area (Å²) in [6.45, 7) is 0.674. The van der Waals surface area contributed by atoms with Crippen LogP contribution in [0.3, 0.4) is 0 Å². The van der Waals surface area contributed by atoms with E-state index in [-0.39, 0.29) is 12.4 Å². The zero-order chi connectivity index (χ0) is 12.1. The van der Waals surface area contributed by atoms with Crippen LogP contribution in [-0.2, 0) is 6.54 Å². The van der Waals surface area contributed by atoms with E-state index in [9.17, 15) is 0 Å². The summed E-state index contributed by atoms with van der Waals surface area (Å²) in [4.78, 5) is 0. The van der Waals surface area contributed by atoms with E-state index < -0.39 is 0 Å². The second-order valence-electron chi connectivity index (χ2n) is 3.83. The van der Waals surface area contributed by atoms with Gasteiger partial charge in [-0.3, -0.25) is 11.5 Å². The lowest BCUT2D eigenvalue weighted by Gasteiger charge is -2.09. The normalized spacial score (nSPS) is 9.33. The van der Waals surface area contributed by atoms with Crippen molar-refractivity contribution in [2.75, 3.05) is 0 Å². The maximum absolute atomic E-state index is 5.74. The Hall–Kier alpha value is -2.00. The van der Waals surface area contributed by atoms with Crippen LogP contribution in [0.2, 0.25) is 0 Å². The van der Waals surface area contributed by atoms with Gasteiger partial charge in [0.05, 0.1) is 6.54 Å². The molecule has 18 heavy (non-hydrogen) atoms. The van der Waals surface area contributed by atoms with Crippen LogP contribution >= 0.6 is 0 Å². The first-order valence-corrected chi connectivity index (χ1v) is 5.52. The Morgan fingerprint density at radius 2 is 1.33 bits per heavy atom. The summed E-state index contributed by atoms with van der Waals surface area (Å²) in [7, 11) is 0. The first-order chi connectivity index (χ1) is 8.27. The van der Waals surface area contributed by atoms with E-state index in [4.69, 9.17) is 11.5 Å². The molecule has 2 rings (SSSR count). The molecule has 0 aromatic heterocycles. The Kier molecular flexibility index (Phi) is 5.21. The van der Waals surface area contributed by atoms with E-state index in [0.717, 1.165) is 5.69 Å². The molecule has 0 saturated heterocycles. The van der Waals surface area contributed by atoms with E-state index in [1.807, 2.05) is 53.1 Å². The van der Waals surface area contributed by atoms with Crippen molar-refractivity contribution in [2.45, 2.75) is 6.54 Å². The van der Waals surface area contributed by atoms with Gasteiger partial charge in [-0.15, -0.1) is 0 Å². The summed E-state index contributed by atoms with van der Waals surface area (Å²) in [5.74, 6) is 0.306. The quantitative estimate of drug-likeness (QED) is 0.415. The van der Waals surface area contributed by atoms with Gasteiger partial charge < -0.3 is 12.4 Å². The second-order valence-corrected chi connectivity index (χ2v) is 3.83. The molecule has 3 nitrogen and oxygen atoms in total.